The van der Waals surface area contributed by atoms with Gasteiger partial charge in [0.2, 0.25) is 0 Å². The molecule has 2 N–H and O–H groups in total. The first-order chi connectivity index (χ1) is 13.6. The fourth-order valence-corrected chi connectivity index (χ4v) is 3.96. The lowest BCUT2D eigenvalue weighted by Crippen LogP contribution is -2.46. The van der Waals surface area contributed by atoms with Crippen LogP contribution < -0.4 is 15.4 Å². The number of benzene rings is 1. The summed E-state index contributed by atoms with van der Waals surface area (Å²) in [5, 5.41) is 5.98. The van der Waals surface area contributed by atoms with Gasteiger partial charge in [-0.2, -0.15) is 0 Å². The molecule has 2 aliphatic rings. The second-order valence-corrected chi connectivity index (χ2v) is 8.75. The first kappa shape index (κ1) is 20.8. The molecule has 0 atom stereocenters. The van der Waals surface area contributed by atoms with Crippen molar-refractivity contribution in [3.63, 3.8) is 0 Å². The maximum absolute atomic E-state index is 12.6. The summed E-state index contributed by atoms with van der Waals surface area (Å²) in [4.78, 5) is 12.6. The predicted molar refractivity (Wildman–Crippen MR) is 114 cm³/mol. The molecule has 0 saturated heterocycles. The molecular formula is C23H30N2O4. The smallest absolute Gasteiger partial charge is 0.319 e. The van der Waals surface area contributed by atoms with Crippen molar-refractivity contribution in [3.8, 4) is 5.75 Å². The highest BCUT2D eigenvalue weighted by Gasteiger charge is 2.41. The number of allylic oxidation sites excluding steroid dienone is 1. The molecule has 1 aliphatic heterocycles. The Hall–Kier alpha value is -2.89. The van der Waals surface area contributed by atoms with E-state index < -0.39 is 5.54 Å². The summed E-state index contributed by atoms with van der Waals surface area (Å²) in [6.45, 7) is 8.49. The lowest BCUT2D eigenvalue weighted by molar-refractivity contribution is 0.239. The van der Waals surface area contributed by atoms with Crippen LogP contribution in [0, 0.1) is 5.41 Å². The van der Waals surface area contributed by atoms with Crippen molar-refractivity contribution < 1.29 is 19.0 Å². The van der Waals surface area contributed by atoms with Gasteiger partial charge in [0, 0.05) is 16.8 Å². The average Bonchev–Trinajstić information content (AvgIpc) is 2.91. The number of ether oxygens (including phenoxy) is 3. The number of methoxy groups -OCH3 is 2. The van der Waals surface area contributed by atoms with Crippen LogP contribution in [0.3, 0.4) is 0 Å². The van der Waals surface area contributed by atoms with Gasteiger partial charge in [0.25, 0.3) is 0 Å². The van der Waals surface area contributed by atoms with Gasteiger partial charge >= 0.3 is 6.03 Å². The fourth-order valence-electron chi connectivity index (χ4n) is 3.96. The highest BCUT2D eigenvalue weighted by molar-refractivity contribution is 5.89. The lowest BCUT2D eigenvalue weighted by Gasteiger charge is -2.32. The van der Waals surface area contributed by atoms with Crippen LogP contribution >= 0.6 is 0 Å². The van der Waals surface area contributed by atoms with Crippen molar-refractivity contribution >= 4 is 11.7 Å². The SMILES string of the molecule is COC1=COC=C2CC(C)(C)C(CC(C)(C)NC(=O)Nc3ccc(OC)cc3)=C21. The number of amides is 2. The van der Waals surface area contributed by atoms with Crippen molar-refractivity contribution in [2.75, 3.05) is 19.5 Å². The largest absolute Gasteiger partial charge is 0.497 e. The van der Waals surface area contributed by atoms with E-state index in [2.05, 4.69) is 24.5 Å². The lowest BCUT2D eigenvalue weighted by atomic mass is 9.79. The van der Waals surface area contributed by atoms with Gasteiger partial charge in [0.15, 0.2) is 5.76 Å². The minimum Gasteiger partial charge on any atom is -0.497 e. The molecular weight excluding hydrogens is 368 g/mol. The van der Waals surface area contributed by atoms with E-state index in [1.807, 2.05) is 38.1 Å². The molecule has 2 amide bonds. The second-order valence-electron chi connectivity index (χ2n) is 8.75. The molecule has 0 bridgehead atoms. The minimum atomic E-state index is -0.456. The zero-order chi connectivity index (χ0) is 21.2. The predicted octanol–water partition coefficient (Wildman–Crippen LogP) is 5.11. The van der Waals surface area contributed by atoms with Gasteiger partial charge in [0.1, 0.15) is 12.0 Å². The number of anilines is 1. The summed E-state index contributed by atoms with van der Waals surface area (Å²) in [7, 11) is 3.26. The van der Waals surface area contributed by atoms with Gasteiger partial charge in [-0.1, -0.05) is 19.4 Å². The number of hydrogen-bond acceptors (Lipinski definition) is 4. The molecule has 29 heavy (non-hydrogen) atoms. The van der Waals surface area contributed by atoms with Gasteiger partial charge in [-0.15, -0.1) is 0 Å². The van der Waals surface area contributed by atoms with Crippen LogP contribution in [0.15, 0.2) is 59.3 Å². The Morgan fingerprint density at radius 2 is 1.83 bits per heavy atom. The van der Waals surface area contributed by atoms with Crippen LogP contribution in [-0.4, -0.2) is 25.8 Å². The highest BCUT2D eigenvalue weighted by atomic mass is 16.5. The zero-order valence-corrected chi connectivity index (χ0v) is 18.0. The molecule has 1 heterocycles. The van der Waals surface area contributed by atoms with Gasteiger partial charge in [-0.05, 0) is 61.9 Å². The van der Waals surface area contributed by atoms with E-state index in [1.165, 1.54) is 5.57 Å². The van der Waals surface area contributed by atoms with E-state index in [4.69, 9.17) is 14.2 Å². The number of fused-ring (bicyclic) bond motifs is 1. The minimum absolute atomic E-state index is 0.0438. The number of carbonyl (C=O) groups is 1. The van der Waals surface area contributed by atoms with Crippen LogP contribution in [0.4, 0.5) is 10.5 Å². The Balaban J connectivity index is 1.75. The summed E-state index contributed by atoms with van der Waals surface area (Å²) >= 11 is 0. The number of nitrogens with one attached hydrogen (secondary N) is 2. The Bertz CT molecular complexity index is 877. The topological polar surface area (TPSA) is 68.8 Å². The number of hydrogen-bond donors (Lipinski definition) is 2. The molecule has 0 saturated carbocycles. The zero-order valence-electron chi connectivity index (χ0n) is 18.0. The second kappa shape index (κ2) is 7.85. The average molecular weight is 399 g/mol. The molecule has 0 unspecified atom stereocenters. The Morgan fingerprint density at radius 1 is 1.14 bits per heavy atom. The Kier molecular flexibility index (Phi) is 5.64. The molecule has 156 valence electrons. The fraction of sp³-hybridized carbons (Fsp3) is 0.435. The number of carbonyl (C=O) groups excluding carboxylic acids is 1. The third-order valence-corrected chi connectivity index (χ3v) is 5.34. The van der Waals surface area contributed by atoms with Crippen molar-refractivity contribution in [1.29, 1.82) is 0 Å². The van der Waals surface area contributed by atoms with Crippen LogP contribution in [0.5, 0.6) is 5.75 Å². The maximum Gasteiger partial charge on any atom is 0.319 e. The van der Waals surface area contributed by atoms with Gasteiger partial charge in [-0.25, -0.2) is 4.79 Å². The molecule has 0 fully saturated rings. The summed E-state index contributed by atoms with van der Waals surface area (Å²) in [6.07, 6.45) is 5.01. The maximum atomic E-state index is 12.6. The molecule has 1 aromatic carbocycles. The molecule has 1 aliphatic carbocycles. The van der Waals surface area contributed by atoms with Gasteiger partial charge < -0.3 is 24.8 Å². The first-order valence-electron chi connectivity index (χ1n) is 9.71. The van der Waals surface area contributed by atoms with E-state index in [0.717, 1.165) is 29.1 Å². The van der Waals surface area contributed by atoms with Crippen molar-refractivity contribution in [3.05, 3.63) is 59.3 Å². The Labute approximate surface area is 172 Å². The molecule has 3 rings (SSSR count). The van der Waals surface area contributed by atoms with E-state index in [1.54, 1.807) is 26.7 Å². The van der Waals surface area contributed by atoms with Gasteiger partial charge in [0.05, 0.1) is 20.5 Å². The van der Waals surface area contributed by atoms with Crippen LogP contribution in [-0.2, 0) is 9.47 Å². The van der Waals surface area contributed by atoms with E-state index in [9.17, 15) is 4.79 Å². The van der Waals surface area contributed by atoms with Crippen molar-refractivity contribution in [2.45, 2.75) is 46.1 Å². The third-order valence-electron chi connectivity index (χ3n) is 5.34. The normalized spacial score (nSPS) is 17.6. The molecule has 6 heteroatoms. The summed E-state index contributed by atoms with van der Waals surface area (Å²) in [6, 6.07) is 7.00. The van der Waals surface area contributed by atoms with Crippen molar-refractivity contribution in [1.82, 2.24) is 5.32 Å². The van der Waals surface area contributed by atoms with E-state index >= 15 is 0 Å². The van der Waals surface area contributed by atoms with Gasteiger partial charge in [-0.3, -0.25) is 0 Å². The van der Waals surface area contributed by atoms with E-state index in [-0.39, 0.29) is 11.4 Å². The molecule has 0 aromatic heterocycles. The number of urea groups is 1. The standard InChI is InChI=1S/C23H30N2O4/c1-22(2)11-15-13-29-14-19(28-6)20(15)18(22)12-23(3,4)25-21(26)24-16-7-9-17(27-5)10-8-16/h7-10,13-14H,11-12H2,1-6H3,(H2,24,25,26). The van der Waals surface area contributed by atoms with Crippen LogP contribution in [0.25, 0.3) is 0 Å². The first-order valence-corrected chi connectivity index (χ1v) is 9.71. The monoisotopic (exact) mass is 398 g/mol. The molecule has 6 nitrogen and oxygen atoms in total. The van der Waals surface area contributed by atoms with Crippen LogP contribution in [0.1, 0.15) is 40.5 Å². The van der Waals surface area contributed by atoms with E-state index in [0.29, 0.717) is 12.1 Å². The molecule has 1 aromatic rings. The molecule has 0 spiro atoms. The summed E-state index contributed by atoms with van der Waals surface area (Å²) < 4.78 is 16.1. The third kappa shape index (κ3) is 4.58. The Morgan fingerprint density at radius 3 is 2.45 bits per heavy atom. The number of rotatable bonds is 6. The van der Waals surface area contributed by atoms with Crippen LogP contribution in [0.2, 0.25) is 0 Å². The summed E-state index contributed by atoms with van der Waals surface area (Å²) in [5.74, 6) is 1.48. The van der Waals surface area contributed by atoms with Crippen molar-refractivity contribution in [2.24, 2.45) is 5.41 Å². The summed E-state index contributed by atoms with van der Waals surface area (Å²) in [5.41, 5.74) is 3.72. The molecule has 0 radical (unpaired) electrons. The quantitative estimate of drug-likeness (QED) is 0.698. The highest BCUT2D eigenvalue weighted by Crippen LogP contribution is 2.51.